The highest BCUT2D eigenvalue weighted by atomic mass is 127. The van der Waals surface area contributed by atoms with Gasteiger partial charge in [-0.2, -0.15) is 29.2 Å². The first-order valence-electron chi connectivity index (χ1n) is 17.9. The predicted molar refractivity (Wildman–Crippen MR) is 224 cm³/mol. The van der Waals surface area contributed by atoms with Crippen molar-refractivity contribution in [3.8, 4) is 33.9 Å². The average Bonchev–Trinajstić information content (AvgIpc) is 4.10. The van der Waals surface area contributed by atoms with Crippen LogP contribution in [-0.2, 0) is 9.47 Å². The third kappa shape index (κ3) is 8.16. The predicted octanol–water partition coefficient (Wildman–Crippen LogP) is 7.54. The molecule has 24 heteroatoms. The van der Waals surface area contributed by atoms with Crippen LogP contribution in [0.4, 0.5) is 17.6 Å². The van der Waals surface area contributed by atoms with Gasteiger partial charge in [-0.3, -0.25) is 8.80 Å². The zero-order chi connectivity index (χ0) is 43.7. The molecule has 0 atom stereocenters. The van der Waals surface area contributed by atoms with Crippen molar-refractivity contribution >= 4 is 80.1 Å². The molecule has 0 saturated heterocycles. The second-order valence-electron chi connectivity index (χ2n) is 12.3. The Labute approximate surface area is 370 Å². The van der Waals surface area contributed by atoms with Crippen LogP contribution in [0.15, 0.2) is 94.4 Å². The van der Waals surface area contributed by atoms with Crippen molar-refractivity contribution < 1.29 is 45.5 Å². The van der Waals surface area contributed by atoms with E-state index >= 15 is 0 Å². The second-order valence-corrected chi connectivity index (χ2v) is 14.4. The van der Waals surface area contributed by atoms with Gasteiger partial charge in [-0.25, -0.2) is 27.2 Å². The molecular weight excluding hydrogens is 1050 g/mol. The van der Waals surface area contributed by atoms with E-state index < -0.39 is 35.2 Å². The van der Waals surface area contributed by atoms with Gasteiger partial charge in [-0.05, 0) is 108 Å². The SMILES string of the molecule is CCOC(=O)c1nnc2ccc(-c3c(-c4ccc(F)cc4F)nc4occn34)nn12.CCOC(=O)c1nnc2ccc(I)nn12.Fc1ccc(-c2nc3occn3c2I)c(F)c1. The van der Waals surface area contributed by atoms with Crippen LogP contribution in [0.2, 0.25) is 0 Å². The minimum atomic E-state index is -0.783. The summed E-state index contributed by atoms with van der Waals surface area (Å²) in [6.07, 6.45) is 6.19. The number of benzene rings is 2. The summed E-state index contributed by atoms with van der Waals surface area (Å²) in [4.78, 5) is 32.1. The lowest BCUT2D eigenvalue weighted by molar-refractivity contribution is 0.0499. The minimum Gasteiger partial charge on any atom is -0.460 e. The molecule has 0 amide bonds. The highest BCUT2D eigenvalue weighted by molar-refractivity contribution is 14.1. The number of nitrogens with zero attached hydrogens (tertiary/aromatic N) is 12. The maximum Gasteiger partial charge on any atom is 0.378 e. The van der Waals surface area contributed by atoms with Gasteiger partial charge in [-0.1, -0.05) is 0 Å². The van der Waals surface area contributed by atoms with Crippen LogP contribution < -0.4 is 0 Å². The smallest absolute Gasteiger partial charge is 0.378 e. The van der Waals surface area contributed by atoms with Crippen molar-refractivity contribution in [3.05, 3.63) is 128 Å². The molecule has 0 spiro atoms. The highest BCUT2D eigenvalue weighted by Gasteiger charge is 2.24. The largest absolute Gasteiger partial charge is 0.460 e. The maximum absolute atomic E-state index is 14.5. The molecule has 0 bridgehead atoms. The summed E-state index contributed by atoms with van der Waals surface area (Å²) in [5, 5.41) is 23.8. The van der Waals surface area contributed by atoms with E-state index in [0.29, 0.717) is 40.8 Å². The summed E-state index contributed by atoms with van der Waals surface area (Å²) < 4.78 is 82.0. The quantitative estimate of drug-likeness (QED) is 0.0861. The average molecular weight is 1070 g/mol. The fourth-order valence-corrected chi connectivity index (χ4v) is 7.01. The van der Waals surface area contributed by atoms with E-state index in [9.17, 15) is 27.2 Å². The minimum absolute atomic E-state index is 0.0709. The van der Waals surface area contributed by atoms with Crippen LogP contribution in [0, 0.1) is 30.7 Å². The number of esters is 2. The van der Waals surface area contributed by atoms with Crippen LogP contribution >= 0.6 is 45.2 Å². The Balaban J connectivity index is 0.000000140. The van der Waals surface area contributed by atoms with E-state index in [1.165, 1.54) is 39.8 Å². The van der Waals surface area contributed by atoms with Crippen molar-refractivity contribution in [1.29, 1.82) is 0 Å². The molecule has 0 aliphatic carbocycles. The Morgan fingerprint density at radius 3 is 1.73 bits per heavy atom. The fraction of sp³-hybridized carbons (Fsp3) is 0.105. The van der Waals surface area contributed by atoms with E-state index in [0.717, 1.165) is 25.6 Å². The number of carbonyl (C=O) groups excluding carboxylic acids is 2. The zero-order valence-corrected chi connectivity index (χ0v) is 35.9. The molecular formula is C38H24F4I2N12O6. The van der Waals surface area contributed by atoms with Crippen molar-refractivity contribution in [2.75, 3.05) is 13.2 Å². The molecule has 62 heavy (non-hydrogen) atoms. The molecule has 18 nitrogen and oxygen atoms in total. The zero-order valence-electron chi connectivity index (χ0n) is 31.6. The van der Waals surface area contributed by atoms with Gasteiger partial charge in [0.25, 0.3) is 11.6 Å². The molecule has 0 aliphatic rings. The van der Waals surface area contributed by atoms with Gasteiger partial charge < -0.3 is 18.3 Å². The molecule has 0 N–H and O–H groups in total. The molecule has 0 aliphatic heterocycles. The number of imidazole rings is 2. The van der Waals surface area contributed by atoms with E-state index in [2.05, 4.69) is 40.6 Å². The maximum atomic E-state index is 14.5. The van der Waals surface area contributed by atoms with Crippen molar-refractivity contribution in [1.82, 2.24) is 58.4 Å². The third-order valence-corrected chi connectivity index (χ3v) is 10.1. The van der Waals surface area contributed by atoms with Crippen molar-refractivity contribution in [2.24, 2.45) is 0 Å². The highest BCUT2D eigenvalue weighted by Crippen LogP contribution is 2.34. The number of carbonyl (C=O) groups is 2. The number of rotatable bonds is 7. The number of hydrogen-bond acceptors (Lipinski definition) is 14. The lowest BCUT2D eigenvalue weighted by atomic mass is 10.1. The summed E-state index contributed by atoms with van der Waals surface area (Å²) in [6, 6.07) is 13.4. The first-order valence-corrected chi connectivity index (χ1v) is 20.0. The third-order valence-electron chi connectivity index (χ3n) is 8.49. The second kappa shape index (κ2) is 17.6. The topological polar surface area (TPSA) is 200 Å². The molecule has 314 valence electrons. The van der Waals surface area contributed by atoms with Crippen molar-refractivity contribution in [2.45, 2.75) is 13.8 Å². The Bertz CT molecular complexity index is 3290. The molecule has 10 aromatic rings. The molecule has 0 unspecified atom stereocenters. The Morgan fingerprint density at radius 2 is 1.16 bits per heavy atom. The molecule has 8 aromatic heterocycles. The van der Waals surface area contributed by atoms with Gasteiger partial charge in [0.1, 0.15) is 66.0 Å². The summed E-state index contributed by atoms with van der Waals surface area (Å²) in [6.45, 7) is 3.88. The van der Waals surface area contributed by atoms with Gasteiger partial charge in [0, 0.05) is 35.7 Å². The molecule has 0 fully saturated rings. The van der Waals surface area contributed by atoms with E-state index in [4.69, 9.17) is 18.3 Å². The van der Waals surface area contributed by atoms with Crippen molar-refractivity contribution in [3.63, 3.8) is 0 Å². The van der Waals surface area contributed by atoms with Crippen LogP contribution in [0.3, 0.4) is 0 Å². The van der Waals surface area contributed by atoms with Crippen LogP contribution in [0.1, 0.15) is 35.1 Å². The standard InChI is InChI=1S/C19H12F2N6O3.C11H5F2IN2O.C8H7IN4O2/c1-2-29-18(28)17-24-23-14-6-5-13(25-27(14)17)16-15(22-19-26(16)7-8-30-19)11-4-3-10(20)9-12(11)21;12-6-1-2-7(8(13)5-6)9-10(14)16-3-4-17-11(16)15-9;1-2-15-8(14)7-11-10-6-4-3-5(9)12-13(6)7/h3-9H,2H2,1H3;1-5H;3-4H,2H2,1H3. The van der Waals surface area contributed by atoms with Crippen LogP contribution in [0.25, 0.3) is 56.9 Å². The van der Waals surface area contributed by atoms with Gasteiger partial charge in [0.05, 0.1) is 13.2 Å². The number of fused-ring (bicyclic) bond motifs is 4. The summed E-state index contributed by atoms with van der Waals surface area (Å²) in [7, 11) is 0. The summed E-state index contributed by atoms with van der Waals surface area (Å²) in [5.74, 6) is -3.35. The Morgan fingerprint density at radius 1 is 0.645 bits per heavy atom. The molecule has 8 heterocycles. The van der Waals surface area contributed by atoms with Gasteiger partial charge in [0.15, 0.2) is 11.3 Å². The van der Waals surface area contributed by atoms with E-state index in [1.807, 2.05) is 45.2 Å². The number of halogens is 6. The Hall–Kier alpha value is -6.84. The van der Waals surface area contributed by atoms with Gasteiger partial charge in [0.2, 0.25) is 0 Å². The van der Waals surface area contributed by atoms with Crippen LogP contribution in [0.5, 0.6) is 0 Å². The van der Waals surface area contributed by atoms with E-state index in [1.54, 1.807) is 59.3 Å². The van der Waals surface area contributed by atoms with Gasteiger partial charge in [-0.15, -0.1) is 20.4 Å². The fourth-order valence-electron chi connectivity index (χ4n) is 5.84. The van der Waals surface area contributed by atoms with Crippen LogP contribution in [-0.4, -0.2) is 83.5 Å². The number of hydrogen-bond donors (Lipinski definition) is 0. The monoisotopic (exact) mass is 1070 g/mol. The Kier molecular flexibility index (Phi) is 11.9. The number of aromatic nitrogens is 12. The molecule has 2 aromatic carbocycles. The molecule has 10 rings (SSSR count). The first-order chi connectivity index (χ1) is 29.9. The normalized spacial score (nSPS) is 11.2. The lowest BCUT2D eigenvalue weighted by Gasteiger charge is -2.06. The summed E-state index contributed by atoms with van der Waals surface area (Å²) >= 11 is 4.09. The summed E-state index contributed by atoms with van der Waals surface area (Å²) in [5.41, 5.74) is 2.54. The van der Waals surface area contributed by atoms with Gasteiger partial charge >= 0.3 is 23.6 Å². The molecule has 0 radical (unpaired) electrons. The van der Waals surface area contributed by atoms with E-state index in [-0.39, 0.29) is 40.9 Å². The number of oxazole rings is 2. The lowest BCUT2D eigenvalue weighted by Crippen LogP contribution is -2.11. The first kappa shape index (κ1) is 41.9. The molecule has 0 saturated carbocycles. The number of ether oxygens (including phenoxy) is 2.